The molecule has 0 saturated carbocycles. The molecule has 0 fully saturated rings. The zero-order valence-electron chi connectivity index (χ0n) is 16.5. The molecule has 3 aromatic carbocycles. The summed E-state index contributed by atoms with van der Waals surface area (Å²) in [7, 11) is 1.64. The van der Waals surface area contributed by atoms with Gasteiger partial charge in [-0.1, -0.05) is 30.3 Å². The van der Waals surface area contributed by atoms with Gasteiger partial charge in [-0.25, -0.2) is 4.79 Å². The molecular formula is C25H21NO4. The van der Waals surface area contributed by atoms with Gasteiger partial charge in [0.25, 0.3) is 0 Å². The second kappa shape index (κ2) is 8.57. The Bertz CT molecular complexity index is 1160. The van der Waals surface area contributed by atoms with Gasteiger partial charge in [0, 0.05) is 17.4 Å². The molecule has 0 aliphatic heterocycles. The summed E-state index contributed by atoms with van der Waals surface area (Å²) in [5, 5.41) is 9.31. The highest BCUT2D eigenvalue weighted by Crippen LogP contribution is 2.32. The van der Waals surface area contributed by atoms with Crippen molar-refractivity contribution in [3.05, 3.63) is 102 Å². The Morgan fingerprint density at radius 3 is 2.50 bits per heavy atom. The van der Waals surface area contributed by atoms with E-state index in [1.807, 2.05) is 77.5 Å². The fourth-order valence-corrected chi connectivity index (χ4v) is 3.30. The average molecular weight is 399 g/mol. The smallest absolute Gasteiger partial charge is 0.335 e. The van der Waals surface area contributed by atoms with Gasteiger partial charge in [-0.3, -0.25) is 0 Å². The second-order valence-electron chi connectivity index (χ2n) is 6.75. The first-order chi connectivity index (χ1) is 14.7. The monoisotopic (exact) mass is 399 g/mol. The molecule has 0 radical (unpaired) electrons. The minimum atomic E-state index is -0.950. The number of rotatable bonds is 7. The number of benzene rings is 3. The van der Waals surface area contributed by atoms with Crippen LogP contribution < -0.4 is 9.47 Å². The van der Waals surface area contributed by atoms with Crippen LogP contribution >= 0.6 is 0 Å². The Labute approximate surface area is 174 Å². The van der Waals surface area contributed by atoms with Gasteiger partial charge in [-0.05, 0) is 60.2 Å². The summed E-state index contributed by atoms with van der Waals surface area (Å²) in [6.07, 6.45) is 1.91. The van der Waals surface area contributed by atoms with Crippen molar-refractivity contribution in [2.24, 2.45) is 0 Å². The summed E-state index contributed by atoms with van der Waals surface area (Å²) in [5.41, 5.74) is 3.91. The molecule has 5 nitrogen and oxygen atoms in total. The van der Waals surface area contributed by atoms with Gasteiger partial charge < -0.3 is 19.1 Å². The lowest BCUT2D eigenvalue weighted by Crippen LogP contribution is -2.02. The maximum absolute atomic E-state index is 11.4. The van der Waals surface area contributed by atoms with E-state index < -0.39 is 5.97 Å². The third-order valence-electron chi connectivity index (χ3n) is 4.84. The van der Waals surface area contributed by atoms with E-state index in [9.17, 15) is 9.90 Å². The Balaban J connectivity index is 1.64. The van der Waals surface area contributed by atoms with Crippen LogP contribution in [0.1, 0.15) is 15.9 Å². The quantitative estimate of drug-likeness (QED) is 0.450. The van der Waals surface area contributed by atoms with Gasteiger partial charge >= 0.3 is 5.97 Å². The lowest BCUT2D eigenvalue weighted by molar-refractivity contribution is 0.0697. The summed E-state index contributed by atoms with van der Waals surface area (Å²) in [6.45, 7) is 0.427. The fourth-order valence-electron chi connectivity index (χ4n) is 3.30. The van der Waals surface area contributed by atoms with E-state index >= 15 is 0 Å². The van der Waals surface area contributed by atoms with Crippen molar-refractivity contribution in [1.82, 2.24) is 4.57 Å². The molecule has 30 heavy (non-hydrogen) atoms. The number of hydrogen-bond donors (Lipinski definition) is 1. The maximum atomic E-state index is 11.4. The Kier molecular flexibility index (Phi) is 5.52. The van der Waals surface area contributed by atoms with Crippen LogP contribution in [0.25, 0.3) is 16.9 Å². The van der Waals surface area contributed by atoms with Crippen molar-refractivity contribution in [2.75, 3.05) is 7.11 Å². The molecule has 1 aromatic heterocycles. The van der Waals surface area contributed by atoms with Gasteiger partial charge in [-0.2, -0.15) is 0 Å². The van der Waals surface area contributed by atoms with E-state index in [1.54, 1.807) is 25.3 Å². The van der Waals surface area contributed by atoms with Gasteiger partial charge in [0.1, 0.15) is 18.1 Å². The predicted molar refractivity (Wildman–Crippen MR) is 115 cm³/mol. The zero-order valence-corrected chi connectivity index (χ0v) is 16.5. The van der Waals surface area contributed by atoms with Crippen LogP contribution in [0.4, 0.5) is 0 Å². The zero-order chi connectivity index (χ0) is 20.9. The number of methoxy groups -OCH3 is 1. The van der Waals surface area contributed by atoms with Crippen LogP contribution in [0.2, 0.25) is 0 Å². The van der Waals surface area contributed by atoms with Crippen LogP contribution in [-0.4, -0.2) is 22.8 Å². The summed E-state index contributed by atoms with van der Waals surface area (Å²) >= 11 is 0. The van der Waals surface area contributed by atoms with E-state index in [4.69, 9.17) is 9.47 Å². The minimum absolute atomic E-state index is 0.246. The molecule has 5 heteroatoms. The first-order valence-electron chi connectivity index (χ1n) is 9.52. The summed E-state index contributed by atoms with van der Waals surface area (Å²) in [6, 6.07) is 26.4. The third kappa shape index (κ3) is 4.05. The van der Waals surface area contributed by atoms with E-state index in [2.05, 4.69) is 0 Å². The molecule has 0 unspecified atom stereocenters. The lowest BCUT2D eigenvalue weighted by Gasteiger charge is -2.15. The van der Waals surface area contributed by atoms with Gasteiger partial charge in [-0.15, -0.1) is 0 Å². The number of para-hydroxylation sites is 1. The SMILES string of the molecule is COc1ccc(COc2ccccc2-c2cccn2-c2cccc(C(=O)O)c2)cc1. The fraction of sp³-hybridized carbons (Fsp3) is 0.0800. The first-order valence-corrected chi connectivity index (χ1v) is 9.52. The normalized spacial score (nSPS) is 10.6. The van der Waals surface area contributed by atoms with Crippen molar-refractivity contribution in [3.63, 3.8) is 0 Å². The third-order valence-corrected chi connectivity index (χ3v) is 4.84. The van der Waals surface area contributed by atoms with Gasteiger partial charge in [0.2, 0.25) is 0 Å². The van der Waals surface area contributed by atoms with Crippen LogP contribution in [0.3, 0.4) is 0 Å². The summed E-state index contributed by atoms with van der Waals surface area (Å²) in [4.78, 5) is 11.4. The highest BCUT2D eigenvalue weighted by Gasteiger charge is 2.13. The van der Waals surface area contributed by atoms with E-state index in [-0.39, 0.29) is 5.56 Å². The van der Waals surface area contributed by atoms with Gasteiger partial charge in [0.15, 0.2) is 0 Å². The molecule has 150 valence electrons. The second-order valence-corrected chi connectivity index (χ2v) is 6.75. The van der Waals surface area contributed by atoms with Crippen molar-refractivity contribution in [2.45, 2.75) is 6.61 Å². The molecule has 0 saturated heterocycles. The lowest BCUT2D eigenvalue weighted by atomic mass is 10.1. The highest BCUT2D eigenvalue weighted by molar-refractivity contribution is 5.88. The van der Waals surface area contributed by atoms with E-state index in [0.29, 0.717) is 6.61 Å². The van der Waals surface area contributed by atoms with Crippen molar-refractivity contribution >= 4 is 5.97 Å². The number of carboxylic acids is 1. The molecule has 0 atom stereocenters. The molecule has 0 spiro atoms. The Hall–Kier alpha value is -3.99. The standard InChI is InChI=1S/C25H21NO4/c1-29-21-13-11-18(12-14-21)17-30-24-10-3-2-8-22(24)23-9-5-15-26(23)20-7-4-6-19(16-20)25(27)28/h2-16H,17H2,1H3,(H,27,28). The largest absolute Gasteiger partial charge is 0.497 e. The number of nitrogens with zero attached hydrogens (tertiary/aromatic N) is 1. The minimum Gasteiger partial charge on any atom is -0.497 e. The number of carboxylic acid groups (broad SMARTS) is 1. The molecule has 4 rings (SSSR count). The molecule has 0 aliphatic rings. The van der Waals surface area contributed by atoms with Crippen molar-refractivity contribution in [1.29, 1.82) is 0 Å². The van der Waals surface area contributed by atoms with E-state index in [0.717, 1.165) is 34.0 Å². The first kappa shape index (κ1) is 19.3. The molecular weight excluding hydrogens is 378 g/mol. The summed E-state index contributed by atoms with van der Waals surface area (Å²) in [5.74, 6) is 0.608. The van der Waals surface area contributed by atoms with Gasteiger partial charge in [0.05, 0.1) is 18.4 Å². The number of aromatic nitrogens is 1. The average Bonchev–Trinajstić information content (AvgIpc) is 3.28. The van der Waals surface area contributed by atoms with Crippen LogP contribution in [0, 0.1) is 0 Å². The molecule has 1 heterocycles. The highest BCUT2D eigenvalue weighted by atomic mass is 16.5. The molecule has 4 aromatic rings. The molecule has 0 bridgehead atoms. The topological polar surface area (TPSA) is 60.7 Å². The van der Waals surface area contributed by atoms with Crippen LogP contribution in [-0.2, 0) is 6.61 Å². The van der Waals surface area contributed by atoms with Crippen LogP contribution in [0.15, 0.2) is 91.1 Å². The number of aromatic carboxylic acids is 1. The van der Waals surface area contributed by atoms with Crippen molar-refractivity contribution in [3.8, 4) is 28.4 Å². The van der Waals surface area contributed by atoms with Crippen LogP contribution in [0.5, 0.6) is 11.5 Å². The number of hydrogen-bond acceptors (Lipinski definition) is 3. The molecule has 0 amide bonds. The van der Waals surface area contributed by atoms with E-state index in [1.165, 1.54) is 0 Å². The Morgan fingerprint density at radius 2 is 1.73 bits per heavy atom. The Morgan fingerprint density at radius 1 is 0.933 bits per heavy atom. The summed E-state index contributed by atoms with van der Waals surface area (Å²) < 4.78 is 13.3. The number of carbonyl (C=O) groups is 1. The molecule has 1 N–H and O–H groups in total. The number of ether oxygens (including phenoxy) is 2. The van der Waals surface area contributed by atoms with Crippen molar-refractivity contribution < 1.29 is 19.4 Å². The predicted octanol–water partition coefficient (Wildman–Crippen LogP) is 5.43. The molecule has 0 aliphatic carbocycles. The maximum Gasteiger partial charge on any atom is 0.335 e.